The lowest BCUT2D eigenvalue weighted by Gasteiger charge is -2.17. The van der Waals surface area contributed by atoms with Crippen LogP contribution >= 0.6 is 22.6 Å². The van der Waals surface area contributed by atoms with E-state index < -0.39 is 0 Å². The summed E-state index contributed by atoms with van der Waals surface area (Å²) in [7, 11) is 0. The van der Waals surface area contributed by atoms with Crippen LogP contribution in [0, 0.1) is 3.57 Å². The second-order valence-corrected chi connectivity index (χ2v) is 5.64. The Bertz CT molecular complexity index is 485. The van der Waals surface area contributed by atoms with Crippen molar-refractivity contribution in [2.24, 2.45) is 0 Å². The minimum atomic E-state index is -0.370. The molecule has 1 heterocycles. The van der Waals surface area contributed by atoms with E-state index in [1.54, 1.807) is 11.0 Å². The number of benzene rings is 1. The number of hydrogen-bond donors (Lipinski definition) is 0. The first-order valence-electron chi connectivity index (χ1n) is 6.31. The lowest BCUT2D eigenvalue weighted by Crippen LogP contribution is -2.31. The topological polar surface area (TPSA) is 37.4 Å². The number of unbranched alkanes of at least 4 members (excludes halogenated alkanes) is 3. The number of amides is 1. The van der Waals surface area contributed by atoms with Gasteiger partial charge < -0.3 is 4.90 Å². The molecule has 0 N–H and O–H groups in total. The first kappa shape index (κ1) is 13.5. The third-order valence-corrected chi connectivity index (χ3v) is 4.05. The standard InChI is InChI=1S/C14H16INO2/c1-2-3-4-5-9-16-12-10(13(17)14(16)18)7-6-8-11(12)15/h6-8H,2-5,9H2,1H3. The fourth-order valence-electron chi connectivity index (χ4n) is 2.22. The molecule has 1 aromatic rings. The predicted octanol–water partition coefficient (Wildman–Crippen LogP) is 3.40. The van der Waals surface area contributed by atoms with Crippen molar-refractivity contribution in [3.05, 3.63) is 27.3 Å². The minimum Gasteiger partial charge on any atom is -0.304 e. The van der Waals surface area contributed by atoms with Crippen molar-refractivity contribution in [1.29, 1.82) is 0 Å². The highest BCUT2D eigenvalue weighted by Gasteiger charge is 2.36. The van der Waals surface area contributed by atoms with Crippen LogP contribution in [-0.4, -0.2) is 18.2 Å². The molecule has 1 aromatic carbocycles. The zero-order valence-electron chi connectivity index (χ0n) is 10.4. The largest absolute Gasteiger partial charge is 0.304 e. The molecule has 0 spiro atoms. The number of Topliss-reactive ketones (excluding diaryl/α,β-unsaturated/α-hetero) is 1. The molecule has 0 bridgehead atoms. The molecule has 1 amide bonds. The van der Waals surface area contributed by atoms with Crippen molar-refractivity contribution in [1.82, 2.24) is 0 Å². The Kier molecular flexibility index (Phi) is 4.37. The fraction of sp³-hybridized carbons (Fsp3) is 0.429. The van der Waals surface area contributed by atoms with E-state index in [1.165, 1.54) is 12.8 Å². The van der Waals surface area contributed by atoms with E-state index in [1.807, 2.05) is 12.1 Å². The summed E-state index contributed by atoms with van der Waals surface area (Å²) < 4.78 is 0.972. The van der Waals surface area contributed by atoms with E-state index >= 15 is 0 Å². The number of para-hydroxylation sites is 1. The molecule has 96 valence electrons. The van der Waals surface area contributed by atoms with Crippen molar-refractivity contribution < 1.29 is 9.59 Å². The van der Waals surface area contributed by atoms with Gasteiger partial charge >= 0.3 is 0 Å². The summed E-state index contributed by atoms with van der Waals surface area (Å²) in [6.07, 6.45) is 4.40. The summed E-state index contributed by atoms with van der Waals surface area (Å²) in [4.78, 5) is 25.5. The van der Waals surface area contributed by atoms with E-state index in [9.17, 15) is 9.59 Å². The molecule has 1 aliphatic heterocycles. The number of anilines is 1. The van der Waals surface area contributed by atoms with E-state index in [0.717, 1.165) is 22.1 Å². The van der Waals surface area contributed by atoms with Gasteiger partial charge in [-0.05, 0) is 41.1 Å². The number of halogens is 1. The average Bonchev–Trinajstić information content (AvgIpc) is 2.61. The van der Waals surface area contributed by atoms with Gasteiger partial charge in [-0.25, -0.2) is 0 Å². The molecule has 0 atom stereocenters. The molecule has 2 rings (SSSR count). The van der Waals surface area contributed by atoms with Gasteiger partial charge in [0.2, 0.25) is 0 Å². The van der Waals surface area contributed by atoms with Gasteiger partial charge in [0, 0.05) is 10.1 Å². The quantitative estimate of drug-likeness (QED) is 0.460. The van der Waals surface area contributed by atoms with Crippen LogP contribution in [0.15, 0.2) is 18.2 Å². The van der Waals surface area contributed by atoms with E-state index in [-0.39, 0.29) is 11.7 Å². The molecule has 0 radical (unpaired) electrons. The van der Waals surface area contributed by atoms with Gasteiger partial charge in [0.25, 0.3) is 11.7 Å². The third kappa shape index (κ3) is 2.43. The lowest BCUT2D eigenvalue weighted by atomic mass is 10.1. The normalized spacial score (nSPS) is 14.2. The first-order chi connectivity index (χ1) is 8.66. The van der Waals surface area contributed by atoms with Gasteiger partial charge in [-0.2, -0.15) is 0 Å². The van der Waals surface area contributed by atoms with Crippen molar-refractivity contribution >= 4 is 40.0 Å². The van der Waals surface area contributed by atoms with E-state index in [2.05, 4.69) is 29.5 Å². The van der Waals surface area contributed by atoms with Crippen LogP contribution in [0.3, 0.4) is 0 Å². The van der Waals surface area contributed by atoms with E-state index in [0.29, 0.717) is 12.1 Å². The number of rotatable bonds is 5. The zero-order chi connectivity index (χ0) is 13.1. The Labute approximate surface area is 121 Å². The van der Waals surface area contributed by atoms with Crippen molar-refractivity contribution in [3.63, 3.8) is 0 Å². The Balaban J connectivity index is 2.17. The Morgan fingerprint density at radius 1 is 1.17 bits per heavy atom. The highest BCUT2D eigenvalue weighted by Crippen LogP contribution is 2.33. The highest BCUT2D eigenvalue weighted by atomic mass is 127. The summed E-state index contributed by atoms with van der Waals surface area (Å²) in [5.41, 5.74) is 1.37. The molecule has 18 heavy (non-hydrogen) atoms. The summed E-state index contributed by atoms with van der Waals surface area (Å²) >= 11 is 2.18. The molecular formula is C14H16INO2. The monoisotopic (exact) mass is 357 g/mol. The Morgan fingerprint density at radius 2 is 1.94 bits per heavy atom. The van der Waals surface area contributed by atoms with Crippen LogP contribution in [0.4, 0.5) is 5.69 Å². The predicted molar refractivity (Wildman–Crippen MR) is 80.0 cm³/mol. The number of carbonyl (C=O) groups excluding carboxylic acids is 2. The van der Waals surface area contributed by atoms with Gasteiger partial charge in [0.15, 0.2) is 0 Å². The third-order valence-electron chi connectivity index (χ3n) is 3.18. The number of hydrogen-bond acceptors (Lipinski definition) is 2. The fourth-order valence-corrected chi connectivity index (χ4v) is 3.01. The summed E-state index contributed by atoms with van der Waals surface area (Å²) in [5, 5.41) is 0. The van der Waals surface area contributed by atoms with Crippen LogP contribution in [0.25, 0.3) is 0 Å². The average molecular weight is 357 g/mol. The van der Waals surface area contributed by atoms with Crippen molar-refractivity contribution in [2.75, 3.05) is 11.4 Å². The molecule has 4 heteroatoms. The molecular weight excluding hydrogens is 341 g/mol. The number of ketones is 1. The molecule has 0 fully saturated rings. The Morgan fingerprint density at radius 3 is 2.67 bits per heavy atom. The smallest absolute Gasteiger partial charge is 0.299 e. The number of fused-ring (bicyclic) bond motifs is 1. The molecule has 0 saturated carbocycles. The van der Waals surface area contributed by atoms with Gasteiger partial charge in [-0.15, -0.1) is 0 Å². The highest BCUT2D eigenvalue weighted by molar-refractivity contribution is 14.1. The molecule has 0 aromatic heterocycles. The summed E-state index contributed by atoms with van der Waals surface area (Å²) in [6, 6.07) is 5.50. The van der Waals surface area contributed by atoms with Crippen LogP contribution in [0.1, 0.15) is 43.0 Å². The van der Waals surface area contributed by atoms with E-state index in [4.69, 9.17) is 0 Å². The molecule has 3 nitrogen and oxygen atoms in total. The molecule has 0 unspecified atom stereocenters. The van der Waals surface area contributed by atoms with Crippen LogP contribution in [0.5, 0.6) is 0 Å². The zero-order valence-corrected chi connectivity index (χ0v) is 12.6. The first-order valence-corrected chi connectivity index (χ1v) is 7.39. The molecule has 1 aliphatic rings. The summed E-state index contributed by atoms with van der Waals surface area (Å²) in [6.45, 7) is 2.81. The Hall–Kier alpha value is -0.910. The van der Waals surface area contributed by atoms with Gasteiger partial charge in [0.05, 0.1) is 11.3 Å². The molecule has 0 saturated heterocycles. The maximum atomic E-state index is 12.0. The van der Waals surface area contributed by atoms with Crippen molar-refractivity contribution in [3.8, 4) is 0 Å². The van der Waals surface area contributed by atoms with Gasteiger partial charge in [-0.1, -0.05) is 32.3 Å². The van der Waals surface area contributed by atoms with Crippen LogP contribution in [-0.2, 0) is 4.79 Å². The minimum absolute atomic E-state index is 0.362. The maximum absolute atomic E-state index is 12.0. The van der Waals surface area contributed by atoms with Crippen LogP contribution in [0.2, 0.25) is 0 Å². The van der Waals surface area contributed by atoms with Crippen molar-refractivity contribution in [2.45, 2.75) is 32.6 Å². The second-order valence-electron chi connectivity index (χ2n) is 4.48. The maximum Gasteiger partial charge on any atom is 0.299 e. The van der Waals surface area contributed by atoms with Gasteiger partial charge in [0.1, 0.15) is 0 Å². The van der Waals surface area contributed by atoms with Crippen LogP contribution < -0.4 is 4.90 Å². The number of nitrogens with zero attached hydrogens (tertiary/aromatic N) is 1. The lowest BCUT2D eigenvalue weighted by molar-refractivity contribution is -0.114. The summed E-state index contributed by atoms with van der Waals surface area (Å²) in [5.74, 6) is -0.732. The van der Waals surface area contributed by atoms with Gasteiger partial charge in [-0.3, -0.25) is 9.59 Å². The second kappa shape index (κ2) is 5.82. The SMILES string of the molecule is CCCCCCN1C(=O)C(=O)c2cccc(I)c21. The number of carbonyl (C=O) groups is 2. The molecule has 0 aliphatic carbocycles.